The number of carboxylic acids is 1. The number of pyridine rings is 1. The molecule has 7 nitrogen and oxygen atoms in total. The molecule has 1 N–H and O–H groups in total. The first-order chi connectivity index (χ1) is 8.61. The van der Waals surface area contributed by atoms with Crippen LogP contribution in [-0.2, 0) is 4.74 Å². The molecule has 0 spiro atoms. The number of methoxy groups -OCH3 is 1. The standard InChI is InChI=1S/C11H9N3O4/c1-18-11(17)7-2-3-12-9(4-7)14-5-8(10(15)16)13-6-14/h2-6H,1H3,(H,15,16). The molecule has 2 heterocycles. The van der Waals surface area contributed by atoms with Crippen LogP contribution in [0.4, 0.5) is 0 Å². The molecule has 0 fully saturated rings. The minimum atomic E-state index is -1.13. The predicted molar refractivity (Wildman–Crippen MR) is 59.7 cm³/mol. The van der Waals surface area contributed by atoms with Crippen LogP contribution in [0.25, 0.3) is 5.82 Å². The molecule has 0 aliphatic heterocycles. The van der Waals surface area contributed by atoms with Crippen molar-refractivity contribution in [1.29, 1.82) is 0 Å². The van der Waals surface area contributed by atoms with Crippen molar-refractivity contribution in [1.82, 2.24) is 14.5 Å². The lowest BCUT2D eigenvalue weighted by atomic mass is 10.2. The third kappa shape index (κ3) is 2.19. The van der Waals surface area contributed by atoms with Crippen LogP contribution in [0.15, 0.2) is 30.9 Å². The van der Waals surface area contributed by atoms with E-state index in [1.807, 2.05) is 0 Å². The van der Waals surface area contributed by atoms with E-state index in [2.05, 4.69) is 14.7 Å². The fourth-order valence-electron chi connectivity index (χ4n) is 1.36. The van der Waals surface area contributed by atoms with Gasteiger partial charge in [0.1, 0.15) is 12.1 Å². The van der Waals surface area contributed by atoms with Gasteiger partial charge < -0.3 is 9.84 Å². The molecule has 0 radical (unpaired) electrons. The SMILES string of the molecule is COC(=O)c1ccnc(-n2cnc(C(=O)O)c2)c1. The molecule has 18 heavy (non-hydrogen) atoms. The van der Waals surface area contributed by atoms with Gasteiger partial charge in [0.05, 0.1) is 12.7 Å². The van der Waals surface area contributed by atoms with Gasteiger partial charge in [0.15, 0.2) is 5.69 Å². The molecule has 2 aromatic heterocycles. The van der Waals surface area contributed by atoms with Crippen LogP contribution >= 0.6 is 0 Å². The summed E-state index contributed by atoms with van der Waals surface area (Å²) in [4.78, 5) is 29.8. The van der Waals surface area contributed by atoms with E-state index in [1.165, 1.54) is 42.5 Å². The zero-order valence-corrected chi connectivity index (χ0v) is 9.40. The van der Waals surface area contributed by atoms with Gasteiger partial charge in [-0.25, -0.2) is 19.6 Å². The Labute approximate surface area is 102 Å². The van der Waals surface area contributed by atoms with Crippen molar-refractivity contribution in [3.63, 3.8) is 0 Å². The van der Waals surface area contributed by atoms with Gasteiger partial charge in [0, 0.05) is 12.4 Å². The van der Waals surface area contributed by atoms with Crippen LogP contribution in [0, 0.1) is 0 Å². The van der Waals surface area contributed by atoms with Crippen LogP contribution in [0.5, 0.6) is 0 Å². The topological polar surface area (TPSA) is 94.3 Å². The molecule has 7 heteroatoms. The van der Waals surface area contributed by atoms with Crippen LogP contribution in [0.3, 0.4) is 0 Å². The number of aromatic carboxylic acids is 1. The molecular weight excluding hydrogens is 238 g/mol. The monoisotopic (exact) mass is 247 g/mol. The van der Waals surface area contributed by atoms with E-state index in [4.69, 9.17) is 5.11 Å². The molecule has 92 valence electrons. The maximum Gasteiger partial charge on any atom is 0.356 e. The van der Waals surface area contributed by atoms with Crippen LogP contribution < -0.4 is 0 Å². The fraction of sp³-hybridized carbons (Fsp3) is 0.0909. The summed E-state index contributed by atoms with van der Waals surface area (Å²) in [7, 11) is 1.28. The van der Waals surface area contributed by atoms with E-state index in [1.54, 1.807) is 0 Å². The first kappa shape index (κ1) is 11.8. The Kier molecular flexibility index (Phi) is 3.05. The highest BCUT2D eigenvalue weighted by Gasteiger charge is 2.10. The van der Waals surface area contributed by atoms with Gasteiger partial charge >= 0.3 is 11.9 Å². The lowest BCUT2D eigenvalue weighted by Crippen LogP contribution is -2.04. The van der Waals surface area contributed by atoms with Gasteiger partial charge in [-0.3, -0.25) is 4.57 Å². The zero-order chi connectivity index (χ0) is 13.1. The number of carboxylic acid groups (broad SMARTS) is 1. The zero-order valence-electron chi connectivity index (χ0n) is 9.40. The van der Waals surface area contributed by atoms with E-state index < -0.39 is 11.9 Å². The van der Waals surface area contributed by atoms with Crippen molar-refractivity contribution >= 4 is 11.9 Å². The van der Waals surface area contributed by atoms with Crippen molar-refractivity contribution in [3.05, 3.63) is 42.1 Å². The average Bonchev–Trinajstić information content (AvgIpc) is 2.88. The van der Waals surface area contributed by atoms with Crippen LogP contribution in [0.1, 0.15) is 20.8 Å². The highest BCUT2D eigenvalue weighted by molar-refractivity contribution is 5.89. The molecule has 0 bridgehead atoms. The second-order valence-corrected chi connectivity index (χ2v) is 3.37. The summed E-state index contributed by atoms with van der Waals surface area (Å²) in [5, 5.41) is 8.76. The molecule has 0 aromatic carbocycles. The Morgan fingerprint density at radius 3 is 2.78 bits per heavy atom. The van der Waals surface area contributed by atoms with Gasteiger partial charge in [-0.1, -0.05) is 0 Å². The van der Waals surface area contributed by atoms with E-state index in [9.17, 15) is 9.59 Å². The Balaban J connectivity index is 2.38. The van der Waals surface area contributed by atoms with E-state index >= 15 is 0 Å². The summed E-state index contributed by atoms with van der Waals surface area (Å²) in [6.45, 7) is 0. The summed E-state index contributed by atoms with van der Waals surface area (Å²) in [5.74, 6) is -1.23. The molecule has 0 atom stereocenters. The number of esters is 1. The number of aromatic nitrogens is 3. The second kappa shape index (κ2) is 4.66. The van der Waals surface area contributed by atoms with Gasteiger partial charge in [-0.15, -0.1) is 0 Å². The number of ether oxygens (including phenoxy) is 1. The van der Waals surface area contributed by atoms with Crippen LogP contribution in [0.2, 0.25) is 0 Å². The molecule has 2 aromatic rings. The smallest absolute Gasteiger partial charge is 0.356 e. The van der Waals surface area contributed by atoms with E-state index in [0.29, 0.717) is 11.4 Å². The van der Waals surface area contributed by atoms with Gasteiger partial charge in [0.2, 0.25) is 0 Å². The summed E-state index contributed by atoms with van der Waals surface area (Å²) >= 11 is 0. The lowest BCUT2D eigenvalue weighted by Gasteiger charge is -2.03. The van der Waals surface area contributed by atoms with E-state index in [-0.39, 0.29) is 5.69 Å². The highest BCUT2D eigenvalue weighted by atomic mass is 16.5. The van der Waals surface area contributed by atoms with Crippen molar-refractivity contribution in [2.24, 2.45) is 0 Å². The molecule has 0 aliphatic rings. The molecular formula is C11H9N3O4. The summed E-state index contributed by atoms with van der Waals surface area (Å²) in [5.41, 5.74) is 0.230. The molecule has 2 rings (SSSR count). The summed E-state index contributed by atoms with van der Waals surface area (Å²) in [6, 6.07) is 2.99. The van der Waals surface area contributed by atoms with Crippen molar-refractivity contribution < 1.29 is 19.4 Å². The van der Waals surface area contributed by atoms with Crippen LogP contribution in [-0.4, -0.2) is 38.7 Å². The largest absolute Gasteiger partial charge is 0.476 e. The summed E-state index contributed by atoms with van der Waals surface area (Å²) < 4.78 is 6.00. The number of rotatable bonds is 3. The first-order valence-corrected chi connectivity index (χ1v) is 4.94. The van der Waals surface area contributed by atoms with E-state index in [0.717, 1.165) is 0 Å². The third-order valence-electron chi connectivity index (χ3n) is 2.23. The normalized spacial score (nSPS) is 10.1. The van der Waals surface area contributed by atoms with Gasteiger partial charge in [-0.2, -0.15) is 0 Å². The number of hydrogen-bond acceptors (Lipinski definition) is 5. The number of nitrogens with zero attached hydrogens (tertiary/aromatic N) is 3. The molecule has 0 saturated heterocycles. The Morgan fingerprint density at radius 2 is 2.17 bits per heavy atom. The fourth-order valence-corrected chi connectivity index (χ4v) is 1.36. The van der Waals surface area contributed by atoms with Crippen molar-refractivity contribution in [2.45, 2.75) is 0 Å². The Morgan fingerprint density at radius 1 is 1.39 bits per heavy atom. The maximum absolute atomic E-state index is 11.3. The maximum atomic E-state index is 11.3. The van der Waals surface area contributed by atoms with Gasteiger partial charge in [-0.05, 0) is 12.1 Å². The minimum absolute atomic E-state index is 0.0970. The van der Waals surface area contributed by atoms with Crippen molar-refractivity contribution in [3.8, 4) is 5.82 Å². The highest BCUT2D eigenvalue weighted by Crippen LogP contribution is 2.09. The second-order valence-electron chi connectivity index (χ2n) is 3.37. The Bertz CT molecular complexity index is 606. The number of carbonyl (C=O) groups excluding carboxylic acids is 1. The minimum Gasteiger partial charge on any atom is -0.476 e. The van der Waals surface area contributed by atoms with Crippen molar-refractivity contribution in [2.75, 3.05) is 7.11 Å². The average molecular weight is 247 g/mol. The number of carbonyl (C=O) groups is 2. The predicted octanol–water partition coefficient (Wildman–Crippen LogP) is 0.752. The number of hydrogen-bond donors (Lipinski definition) is 1. The molecule has 0 unspecified atom stereocenters. The molecule has 0 aliphatic carbocycles. The van der Waals surface area contributed by atoms with Gasteiger partial charge in [0.25, 0.3) is 0 Å². The molecule has 0 amide bonds. The number of imidazole rings is 1. The lowest BCUT2D eigenvalue weighted by molar-refractivity contribution is 0.0599. The summed E-state index contributed by atoms with van der Waals surface area (Å²) in [6.07, 6.45) is 4.06. The Hall–Kier alpha value is -2.70. The third-order valence-corrected chi connectivity index (χ3v) is 2.23. The quantitative estimate of drug-likeness (QED) is 0.804. The first-order valence-electron chi connectivity index (χ1n) is 4.94. The molecule has 0 saturated carbocycles.